The SMILES string of the molecule is O=C(OC1C=Cc2ccccc21)c1ccc([N+](=O)[O-])cc1. The van der Waals surface area contributed by atoms with E-state index in [2.05, 4.69) is 0 Å². The summed E-state index contributed by atoms with van der Waals surface area (Å²) >= 11 is 0. The van der Waals surface area contributed by atoms with Crippen LogP contribution in [0.4, 0.5) is 5.69 Å². The maximum atomic E-state index is 12.1. The first-order chi connectivity index (χ1) is 10.1. The van der Waals surface area contributed by atoms with Crippen LogP contribution in [0.25, 0.3) is 6.08 Å². The van der Waals surface area contributed by atoms with Gasteiger partial charge in [0, 0.05) is 17.7 Å². The Morgan fingerprint density at radius 1 is 1.10 bits per heavy atom. The Bertz CT molecular complexity index is 734. The molecule has 1 aliphatic rings. The average Bonchev–Trinajstić information content (AvgIpc) is 2.91. The van der Waals surface area contributed by atoms with Gasteiger partial charge in [0.1, 0.15) is 6.10 Å². The molecule has 5 nitrogen and oxygen atoms in total. The Balaban J connectivity index is 1.76. The summed E-state index contributed by atoms with van der Waals surface area (Å²) in [6, 6.07) is 13.0. The van der Waals surface area contributed by atoms with E-state index >= 15 is 0 Å². The van der Waals surface area contributed by atoms with E-state index < -0.39 is 17.0 Å². The lowest BCUT2D eigenvalue weighted by molar-refractivity contribution is -0.384. The number of carbonyl (C=O) groups excluding carboxylic acids is 1. The molecule has 0 N–H and O–H groups in total. The summed E-state index contributed by atoms with van der Waals surface area (Å²) in [5.74, 6) is -0.503. The summed E-state index contributed by atoms with van der Waals surface area (Å²) in [5.41, 5.74) is 2.20. The quantitative estimate of drug-likeness (QED) is 0.490. The Morgan fingerprint density at radius 2 is 1.81 bits per heavy atom. The number of ether oxygens (including phenoxy) is 1. The van der Waals surface area contributed by atoms with Crippen molar-refractivity contribution in [3.63, 3.8) is 0 Å². The van der Waals surface area contributed by atoms with Crippen LogP contribution in [0.2, 0.25) is 0 Å². The molecule has 21 heavy (non-hydrogen) atoms. The van der Waals surface area contributed by atoms with Crippen LogP contribution in [-0.4, -0.2) is 10.9 Å². The molecular formula is C16H11NO4. The van der Waals surface area contributed by atoms with Crippen LogP contribution < -0.4 is 0 Å². The van der Waals surface area contributed by atoms with Crippen molar-refractivity contribution in [1.29, 1.82) is 0 Å². The first-order valence-corrected chi connectivity index (χ1v) is 6.38. The van der Waals surface area contributed by atoms with Gasteiger partial charge in [-0.25, -0.2) is 4.79 Å². The van der Waals surface area contributed by atoms with E-state index in [1.807, 2.05) is 36.4 Å². The zero-order valence-electron chi connectivity index (χ0n) is 10.9. The minimum absolute atomic E-state index is 0.0577. The lowest BCUT2D eigenvalue weighted by Gasteiger charge is -2.12. The van der Waals surface area contributed by atoms with Gasteiger partial charge in [-0.05, 0) is 23.8 Å². The number of nitro benzene ring substituents is 1. The number of rotatable bonds is 3. The van der Waals surface area contributed by atoms with Gasteiger partial charge >= 0.3 is 5.97 Å². The van der Waals surface area contributed by atoms with Crippen LogP contribution in [0.15, 0.2) is 54.6 Å². The normalized spacial score (nSPS) is 15.5. The molecule has 0 fully saturated rings. The zero-order valence-corrected chi connectivity index (χ0v) is 10.9. The summed E-state index contributed by atoms with van der Waals surface area (Å²) in [6.07, 6.45) is 3.31. The van der Waals surface area contributed by atoms with Crippen LogP contribution in [0.5, 0.6) is 0 Å². The number of esters is 1. The van der Waals surface area contributed by atoms with E-state index in [1.54, 1.807) is 0 Å². The fourth-order valence-electron chi connectivity index (χ4n) is 2.22. The zero-order chi connectivity index (χ0) is 14.8. The van der Waals surface area contributed by atoms with Gasteiger partial charge in [-0.1, -0.05) is 30.3 Å². The number of hydrogen-bond acceptors (Lipinski definition) is 4. The van der Waals surface area contributed by atoms with Crippen molar-refractivity contribution in [2.24, 2.45) is 0 Å². The molecule has 0 spiro atoms. The topological polar surface area (TPSA) is 69.4 Å². The first-order valence-electron chi connectivity index (χ1n) is 6.38. The predicted octanol–water partition coefficient (Wildman–Crippen LogP) is 3.52. The van der Waals surface area contributed by atoms with Crippen LogP contribution in [0.3, 0.4) is 0 Å². The van der Waals surface area contributed by atoms with E-state index in [4.69, 9.17) is 4.74 Å². The molecule has 0 radical (unpaired) electrons. The van der Waals surface area contributed by atoms with E-state index in [0.717, 1.165) is 11.1 Å². The summed E-state index contributed by atoms with van der Waals surface area (Å²) in [7, 11) is 0. The molecule has 2 aromatic carbocycles. The molecule has 104 valence electrons. The van der Waals surface area contributed by atoms with Gasteiger partial charge in [-0.15, -0.1) is 0 Å². The first kappa shape index (κ1) is 13.1. The van der Waals surface area contributed by atoms with Crippen molar-refractivity contribution >= 4 is 17.7 Å². The van der Waals surface area contributed by atoms with E-state index in [1.165, 1.54) is 24.3 Å². The molecule has 0 aliphatic heterocycles. The van der Waals surface area contributed by atoms with Crippen molar-refractivity contribution in [3.05, 3.63) is 81.4 Å². The Hall–Kier alpha value is -2.95. The van der Waals surface area contributed by atoms with Crippen LogP contribution in [-0.2, 0) is 4.74 Å². The van der Waals surface area contributed by atoms with Crippen molar-refractivity contribution in [1.82, 2.24) is 0 Å². The number of fused-ring (bicyclic) bond motifs is 1. The number of carbonyl (C=O) groups is 1. The van der Waals surface area contributed by atoms with Crippen molar-refractivity contribution in [2.45, 2.75) is 6.10 Å². The number of nitrogens with zero attached hydrogens (tertiary/aromatic N) is 1. The molecule has 0 heterocycles. The molecule has 3 rings (SSSR count). The second kappa shape index (κ2) is 5.20. The number of hydrogen-bond donors (Lipinski definition) is 0. The van der Waals surface area contributed by atoms with E-state index in [9.17, 15) is 14.9 Å². The summed E-state index contributed by atoms with van der Waals surface area (Å²) in [5, 5.41) is 10.6. The summed E-state index contributed by atoms with van der Waals surface area (Å²) in [6.45, 7) is 0. The lowest BCUT2D eigenvalue weighted by Crippen LogP contribution is -2.09. The minimum Gasteiger partial charge on any atom is -0.450 e. The second-order valence-electron chi connectivity index (χ2n) is 4.62. The predicted molar refractivity (Wildman–Crippen MR) is 76.7 cm³/mol. The van der Waals surface area contributed by atoms with Gasteiger partial charge in [0.05, 0.1) is 10.5 Å². The highest BCUT2D eigenvalue weighted by molar-refractivity contribution is 5.90. The maximum absolute atomic E-state index is 12.1. The summed E-state index contributed by atoms with van der Waals surface area (Å²) < 4.78 is 5.43. The second-order valence-corrected chi connectivity index (χ2v) is 4.62. The van der Waals surface area contributed by atoms with Crippen molar-refractivity contribution in [3.8, 4) is 0 Å². The van der Waals surface area contributed by atoms with Gasteiger partial charge in [0.15, 0.2) is 0 Å². The van der Waals surface area contributed by atoms with E-state index in [0.29, 0.717) is 5.56 Å². The molecule has 1 unspecified atom stereocenters. The van der Waals surface area contributed by atoms with Gasteiger partial charge in [0.2, 0.25) is 0 Å². The molecule has 0 aromatic heterocycles. The Morgan fingerprint density at radius 3 is 2.52 bits per heavy atom. The minimum atomic E-state index is -0.509. The third-order valence-corrected chi connectivity index (χ3v) is 3.30. The standard InChI is InChI=1S/C16H11NO4/c18-16(12-5-8-13(9-6-12)17(19)20)21-15-10-7-11-3-1-2-4-14(11)15/h1-10,15H. The molecule has 0 amide bonds. The maximum Gasteiger partial charge on any atom is 0.339 e. The Labute approximate surface area is 120 Å². The smallest absolute Gasteiger partial charge is 0.339 e. The molecule has 0 bridgehead atoms. The van der Waals surface area contributed by atoms with E-state index in [-0.39, 0.29) is 5.69 Å². The van der Waals surface area contributed by atoms with Gasteiger partial charge in [-0.2, -0.15) is 0 Å². The molecule has 1 atom stereocenters. The monoisotopic (exact) mass is 281 g/mol. The fraction of sp³-hybridized carbons (Fsp3) is 0.0625. The van der Waals surface area contributed by atoms with Crippen LogP contribution in [0.1, 0.15) is 27.6 Å². The van der Waals surface area contributed by atoms with Crippen molar-refractivity contribution in [2.75, 3.05) is 0 Å². The third-order valence-electron chi connectivity index (χ3n) is 3.30. The molecule has 2 aromatic rings. The van der Waals surface area contributed by atoms with Crippen molar-refractivity contribution < 1.29 is 14.5 Å². The molecule has 0 saturated heterocycles. The average molecular weight is 281 g/mol. The number of nitro groups is 1. The van der Waals surface area contributed by atoms with Gasteiger partial charge < -0.3 is 4.74 Å². The van der Waals surface area contributed by atoms with Crippen LogP contribution in [0, 0.1) is 10.1 Å². The highest BCUT2D eigenvalue weighted by Gasteiger charge is 2.21. The Kier molecular flexibility index (Phi) is 3.23. The number of benzene rings is 2. The molecule has 0 saturated carbocycles. The highest BCUT2D eigenvalue weighted by Crippen LogP contribution is 2.31. The third kappa shape index (κ3) is 2.53. The molecular weight excluding hydrogens is 270 g/mol. The molecule has 1 aliphatic carbocycles. The summed E-state index contributed by atoms with van der Waals surface area (Å²) in [4.78, 5) is 22.1. The molecule has 5 heteroatoms. The lowest BCUT2D eigenvalue weighted by atomic mass is 10.1. The largest absolute Gasteiger partial charge is 0.450 e. The highest BCUT2D eigenvalue weighted by atomic mass is 16.6. The van der Waals surface area contributed by atoms with Crippen LogP contribution >= 0.6 is 0 Å². The fourth-order valence-corrected chi connectivity index (χ4v) is 2.22. The van der Waals surface area contributed by atoms with Gasteiger partial charge in [0.25, 0.3) is 5.69 Å². The van der Waals surface area contributed by atoms with Gasteiger partial charge in [-0.3, -0.25) is 10.1 Å². The number of non-ortho nitro benzene ring substituents is 1.